The van der Waals surface area contributed by atoms with Gasteiger partial charge < -0.3 is 15.1 Å². The lowest BCUT2D eigenvalue weighted by Gasteiger charge is -2.27. The zero-order valence-corrected chi connectivity index (χ0v) is 10.7. The van der Waals surface area contributed by atoms with Crippen molar-refractivity contribution in [2.75, 3.05) is 26.2 Å². The summed E-state index contributed by atoms with van der Waals surface area (Å²) in [7, 11) is 0. The maximum Gasteiger partial charge on any atom is 0.192 e. The lowest BCUT2D eigenvalue weighted by Crippen LogP contribution is -2.47. The summed E-state index contributed by atoms with van der Waals surface area (Å²) in [6.07, 6.45) is 1.04. The maximum atomic E-state index is 5.54. The van der Waals surface area contributed by atoms with Crippen LogP contribution in [-0.2, 0) is 6.42 Å². The molecule has 2 heterocycles. The smallest absolute Gasteiger partial charge is 0.192 e. The predicted molar refractivity (Wildman–Crippen MR) is 71.7 cm³/mol. The van der Waals surface area contributed by atoms with Gasteiger partial charge in [-0.15, -0.1) is 0 Å². The zero-order chi connectivity index (χ0) is 12.4. The van der Waals surface area contributed by atoms with Gasteiger partial charge in [0.05, 0.1) is 0 Å². The number of benzene rings is 1. The SMILES string of the molecule is Cc1nc2ccc(CCNCC3CNC3)cc2o1. The molecule has 0 atom stereocenters. The van der Waals surface area contributed by atoms with Crippen LogP contribution in [-0.4, -0.2) is 31.2 Å². The molecule has 0 radical (unpaired) electrons. The van der Waals surface area contributed by atoms with Crippen molar-refractivity contribution >= 4 is 11.1 Å². The highest BCUT2D eigenvalue weighted by Crippen LogP contribution is 2.16. The van der Waals surface area contributed by atoms with Crippen molar-refractivity contribution in [3.05, 3.63) is 29.7 Å². The van der Waals surface area contributed by atoms with E-state index in [4.69, 9.17) is 4.42 Å². The number of aromatic nitrogens is 1. The van der Waals surface area contributed by atoms with E-state index in [1.807, 2.05) is 13.0 Å². The highest BCUT2D eigenvalue weighted by molar-refractivity contribution is 5.73. The maximum absolute atomic E-state index is 5.54. The average Bonchev–Trinajstić information content (AvgIpc) is 2.65. The summed E-state index contributed by atoms with van der Waals surface area (Å²) in [5.41, 5.74) is 3.15. The quantitative estimate of drug-likeness (QED) is 0.784. The molecule has 2 N–H and O–H groups in total. The number of oxazole rings is 1. The Morgan fingerprint density at radius 2 is 2.33 bits per heavy atom. The van der Waals surface area contributed by atoms with Crippen LogP contribution in [0.3, 0.4) is 0 Å². The van der Waals surface area contributed by atoms with Crippen LogP contribution in [0.2, 0.25) is 0 Å². The summed E-state index contributed by atoms with van der Waals surface area (Å²) in [5.74, 6) is 1.56. The Bertz CT molecular complexity index is 531. The first kappa shape index (κ1) is 11.7. The highest BCUT2D eigenvalue weighted by Gasteiger charge is 2.15. The van der Waals surface area contributed by atoms with Gasteiger partial charge >= 0.3 is 0 Å². The standard InChI is InChI=1S/C14H19N3O/c1-10-17-13-3-2-11(6-14(13)18-10)4-5-15-7-12-8-16-9-12/h2-3,6,12,15-16H,4-5,7-9H2,1H3. The molecule has 0 bridgehead atoms. The molecule has 18 heavy (non-hydrogen) atoms. The molecule has 1 aromatic carbocycles. The molecule has 1 saturated heterocycles. The summed E-state index contributed by atoms with van der Waals surface area (Å²) in [4.78, 5) is 4.30. The van der Waals surface area contributed by atoms with Gasteiger partial charge in [-0.3, -0.25) is 0 Å². The van der Waals surface area contributed by atoms with E-state index in [-0.39, 0.29) is 0 Å². The minimum Gasteiger partial charge on any atom is -0.441 e. The topological polar surface area (TPSA) is 50.1 Å². The van der Waals surface area contributed by atoms with Crippen molar-refractivity contribution in [3.63, 3.8) is 0 Å². The fraction of sp³-hybridized carbons (Fsp3) is 0.500. The minimum absolute atomic E-state index is 0.734. The van der Waals surface area contributed by atoms with Crippen molar-refractivity contribution in [1.29, 1.82) is 0 Å². The molecular formula is C14H19N3O. The van der Waals surface area contributed by atoms with Crippen LogP contribution in [0.1, 0.15) is 11.5 Å². The first-order valence-corrected chi connectivity index (χ1v) is 6.59. The van der Waals surface area contributed by atoms with E-state index in [0.717, 1.165) is 55.5 Å². The predicted octanol–water partition coefficient (Wildman–Crippen LogP) is 1.49. The second-order valence-corrected chi connectivity index (χ2v) is 5.01. The third-order valence-electron chi connectivity index (χ3n) is 3.45. The van der Waals surface area contributed by atoms with Gasteiger partial charge in [0.1, 0.15) is 5.52 Å². The summed E-state index contributed by atoms with van der Waals surface area (Å²) < 4.78 is 5.54. The molecule has 2 aromatic rings. The number of hydrogen-bond acceptors (Lipinski definition) is 4. The van der Waals surface area contributed by atoms with Gasteiger partial charge in [0.25, 0.3) is 0 Å². The third-order valence-corrected chi connectivity index (χ3v) is 3.45. The van der Waals surface area contributed by atoms with Crippen LogP contribution in [0.4, 0.5) is 0 Å². The Morgan fingerprint density at radius 3 is 3.11 bits per heavy atom. The van der Waals surface area contributed by atoms with Crippen molar-refractivity contribution in [1.82, 2.24) is 15.6 Å². The first-order chi connectivity index (χ1) is 8.81. The number of aryl methyl sites for hydroxylation is 1. The number of hydrogen-bond donors (Lipinski definition) is 2. The molecule has 3 rings (SSSR count). The van der Waals surface area contributed by atoms with Gasteiger partial charge in [0.2, 0.25) is 0 Å². The van der Waals surface area contributed by atoms with E-state index < -0.39 is 0 Å². The van der Waals surface area contributed by atoms with Crippen LogP contribution in [0, 0.1) is 12.8 Å². The summed E-state index contributed by atoms with van der Waals surface area (Å²) in [6.45, 7) is 6.35. The molecule has 0 amide bonds. The molecule has 1 aliphatic rings. The lowest BCUT2D eigenvalue weighted by atomic mass is 10.0. The van der Waals surface area contributed by atoms with Crippen LogP contribution in [0.15, 0.2) is 22.6 Å². The Balaban J connectivity index is 1.53. The number of nitrogens with zero attached hydrogens (tertiary/aromatic N) is 1. The van der Waals surface area contributed by atoms with E-state index in [1.54, 1.807) is 0 Å². The Labute approximate surface area is 107 Å². The molecule has 1 aromatic heterocycles. The van der Waals surface area contributed by atoms with Crippen LogP contribution in [0.25, 0.3) is 11.1 Å². The van der Waals surface area contributed by atoms with E-state index in [9.17, 15) is 0 Å². The molecule has 96 valence electrons. The molecule has 1 aliphatic heterocycles. The van der Waals surface area contributed by atoms with Crippen molar-refractivity contribution in [3.8, 4) is 0 Å². The fourth-order valence-electron chi connectivity index (χ4n) is 2.27. The number of fused-ring (bicyclic) bond motifs is 1. The molecule has 0 aliphatic carbocycles. The largest absolute Gasteiger partial charge is 0.441 e. The average molecular weight is 245 g/mol. The fourth-order valence-corrected chi connectivity index (χ4v) is 2.27. The van der Waals surface area contributed by atoms with Gasteiger partial charge in [0, 0.05) is 26.6 Å². The second-order valence-electron chi connectivity index (χ2n) is 5.01. The molecule has 0 spiro atoms. The van der Waals surface area contributed by atoms with Crippen molar-refractivity contribution in [2.24, 2.45) is 5.92 Å². The molecule has 1 fully saturated rings. The first-order valence-electron chi connectivity index (χ1n) is 6.59. The van der Waals surface area contributed by atoms with Crippen LogP contribution >= 0.6 is 0 Å². The third kappa shape index (κ3) is 2.54. The monoisotopic (exact) mass is 245 g/mol. The van der Waals surface area contributed by atoms with E-state index >= 15 is 0 Å². The normalized spacial score (nSPS) is 16.1. The number of nitrogens with one attached hydrogen (secondary N) is 2. The Morgan fingerprint density at radius 1 is 1.44 bits per heavy atom. The molecule has 4 heteroatoms. The highest BCUT2D eigenvalue weighted by atomic mass is 16.3. The summed E-state index contributed by atoms with van der Waals surface area (Å²) >= 11 is 0. The second kappa shape index (κ2) is 5.08. The van der Waals surface area contributed by atoms with Gasteiger partial charge in [-0.25, -0.2) is 4.98 Å². The Hall–Kier alpha value is -1.39. The van der Waals surface area contributed by atoms with Gasteiger partial charge in [-0.05, 0) is 36.6 Å². The number of rotatable bonds is 5. The molecule has 4 nitrogen and oxygen atoms in total. The van der Waals surface area contributed by atoms with Gasteiger partial charge in [0.15, 0.2) is 11.5 Å². The molecular weight excluding hydrogens is 226 g/mol. The van der Waals surface area contributed by atoms with E-state index in [1.165, 1.54) is 5.56 Å². The van der Waals surface area contributed by atoms with Crippen LogP contribution < -0.4 is 10.6 Å². The summed E-state index contributed by atoms with van der Waals surface area (Å²) in [5, 5.41) is 6.79. The van der Waals surface area contributed by atoms with E-state index in [0.29, 0.717) is 0 Å². The van der Waals surface area contributed by atoms with Gasteiger partial charge in [-0.2, -0.15) is 0 Å². The molecule has 0 unspecified atom stereocenters. The Kier molecular flexibility index (Phi) is 3.30. The summed E-state index contributed by atoms with van der Waals surface area (Å²) in [6, 6.07) is 6.27. The minimum atomic E-state index is 0.734. The molecule has 0 saturated carbocycles. The zero-order valence-electron chi connectivity index (χ0n) is 10.7. The van der Waals surface area contributed by atoms with E-state index in [2.05, 4.69) is 27.8 Å². The van der Waals surface area contributed by atoms with Crippen molar-refractivity contribution in [2.45, 2.75) is 13.3 Å². The van der Waals surface area contributed by atoms with Gasteiger partial charge in [-0.1, -0.05) is 6.07 Å². The van der Waals surface area contributed by atoms with Crippen molar-refractivity contribution < 1.29 is 4.42 Å². The lowest BCUT2D eigenvalue weighted by molar-refractivity contribution is 0.333. The van der Waals surface area contributed by atoms with Crippen LogP contribution in [0.5, 0.6) is 0 Å².